The predicted octanol–water partition coefficient (Wildman–Crippen LogP) is 1.82. The summed E-state index contributed by atoms with van der Waals surface area (Å²) in [5.74, 6) is 1.61. The third kappa shape index (κ3) is 1.19. The molecule has 0 aromatic heterocycles. The van der Waals surface area contributed by atoms with Crippen molar-refractivity contribution in [2.45, 2.75) is 0 Å². The molecule has 1 aliphatic rings. The molecule has 0 N–H and O–H groups in total. The van der Waals surface area contributed by atoms with E-state index >= 15 is 0 Å². The van der Waals surface area contributed by atoms with Crippen molar-refractivity contribution < 1.29 is 9.47 Å². The molecule has 1 aliphatic heterocycles. The third-order valence-corrected chi connectivity index (χ3v) is 1.89. The van der Waals surface area contributed by atoms with E-state index in [0.717, 1.165) is 15.1 Å². The van der Waals surface area contributed by atoms with Gasteiger partial charge in [-0.15, -0.1) is 12.1 Å². The molecule has 0 amide bonds. The van der Waals surface area contributed by atoms with Crippen LogP contribution in [0.15, 0.2) is 12.1 Å². The maximum absolute atomic E-state index is 5.13. The summed E-state index contributed by atoms with van der Waals surface area (Å²) in [5.41, 5.74) is 0. The summed E-state index contributed by atoms with van der Waals surface area (Å²) in [7, 11) is 0. The van der Waals surface area contributed by atoms with Gasteiger partial charge in [0, 0.05) is 0 Å². The molecule has 0 aliphatic carbocycles. The minimum absolute atomic E-state index is 0. The Bertz CT molecular complexity index is 265. The third-order valence-electron chi connectivity index (χ3n) is 1.27. The van der Waals surface area contributed by atoms with Crippen LogP contribution in [0.3, 0.4) is 0 Å². The quantitative estimate of drug-likeness (QED) is 0.389. The van der Waals surface area contributed by atoms with Crippen LogP contribution in [-0.4, -0.2) is 6.79 Å². The summed E-state index contributed by atoms with van der Waals surface area (Å²) in [6, 6.07) is 6.71. The minimum atomic E-state index is 0. The Morgan fingerprint density at radius 2 is 2.09 bits per heavy atom. The van der Waals surface area contributed by atoms with Crippen molar-refractivity contribution >= 4 is 22.6 Å². The molecule has 4 heteroatoms. The normalized spacial score (nSPS) is 12.5. The van der Waals surface area contributed by atoms with Gasteiger partial charge in [-0.1, -0.05) is 26.2 Å². The Morgan fingerprint density at radius 3 is 2.91 bits per heavy atom. The molecule has 0 saturated carbocycles. The fraction of sp³-hybridized carbons (Fsp3) is 0.143. The van der Waals surface area contributed by atoms with E-state index in [2.05, 4.69) is 28.7 Å². The second-order valence-corrected chi connectivity index (χ2v) is 3.08. The van der Waals surface area contributed by atoms with Crippen LogP contribution >= 0.6 is 22.6 Å². The molecule has 0 saturated heterocycles. The van der Waals surface area contributed by atoms with Gasteiger partial charge in [0.1, 0.15) is 0 Å². The van der Waals surface area contributed by atoms with E-state index < -0.39 is 0 Å². The molecule has 0 atom stereocenters. The van der Waals surface area contributed by atoms with E-state index in [1.54, 1.807) is 6.07 Å². The molecule has 0 bridgehead atoms. The Balaban J connectivity index is 0.000000605. The van der Waals surface area contributed by atoms with Gasteiger partial charge in [0.15, 0.2) is 0 Å². The van der Waals surface area contributed by atoms with Crippen LogP contribution in [0.1, 0.15) is 0 Å². The van der Waals surface area contributed by atoms with Crippen LogP contribution in [0.2, 0.25) is 0 Å². The van der Waals surface area contributed by atoms with Gasteiger partial charge in [-0.05, 0) is 0 Å². The summed E-state index contributed by atoms with van der Waals surface area (Å²) < 4.78 is 11.3. The molecule has 11 heavy (non-hydrogen) atoms. The summed E-state index contributed by atoms with van der Waals surface area (Å²) >= 11 is 2.18. The first-order valence-corrected chi connectivity index (χ1v) is 3.91. The molecule has 0 fully saturated rings. The van der Waals surface area contributed by atoms with Crippen molar-refractivity contribution in [1.29, 1.82) is 0 Å². The molecule has 2 nitrogen and oxygen atoms in total. The van der Waals surface area contributed by atoms with E-state index in [-0.39, 0.29) is 0 Å². The maximum atomic E-state index is 5.13. The molecule has 54 valence electrons. The van der Waals surface area contributed by atoms with Crippen LogP contribution in [0.5, 0.6) is 11.5 Å². The zero-order valence-corrected chi connectivity index (χ0v) is 14.3. The second kappa shape index (κ2) is 2.65. The fourth-order valence-corrected chi connectivity index (χ4v) is 1.25. The van der Waals surface area contributed by atoms with Crippen molar-refractivity contribution in [2.24, 2.45) is 0 Å². The van der Waals surface area contributed by atoms with Gasteiger partial charge in [0.25, 0.3) is 0 Å². The Labute approximate surface area is 72.3 Å². The van der Waals surface area contributed by atoms with Crippen LogP contribution < -0.4 is 9.47 Å². The van der Waals surface area contributed by atoms with Gasteiger partial charge in [-0.3, -0.25) is 0 Å². The molecular formula is C7H4IO2Rf-. The largest absolute Gasteiger partial charge is 0.516 e. The van der Waals surface area contributed by atoms with E-state index in [4.69, 9.17) is 9.47 Å². The van der Waals surface area contributed by atoms with E-state index in [0.29, 0.717) is 6.79 Å². The van der Waals surface area contributed by atoms with Gasteiger partial charge >= 0.3 is 0 Å². The average Bonchev–Trinajstić information content (AvgIpc) is 2.33. The number of fused-ring (bicyclic) bond motifs is 1. The molecule has 0 unspecified atom stereocenters. The topological polar surface area (TPSA) is 18.5 Å². The van der Waals surface area contributed by atoms with Gasteiger partial charge in [0.2, 0.25) is 6.79 Å². The monoisotopic (exact) mass is 514 g/mol. The number of hydrogen-bond acceptors (Lipinski definition) is 2. The van der Waals surface area contributed by atoms with Crippen molar-refractivity contribution in [3.8, 4) is 11.5 Å². The van der Waals surface area contributed by atoms with Crippen LogP contribution in [0, 0.1) is 9.64 Å². The number of halogens is 1. The first kappa shape index (κ1) is 7.65. The SMILES string of the molecule is Ic1[c-]cc2c(c1)OCO2.[Rf]. The van der Waals surface area contributed by atoms with E-state index in [1.807, 2.05) is 6.07 Å². The molecule has 2 rings (SSSR count). The summed E-state index contributed by atoms with van der Waals surface area (Å²) in [6.45, 7) is 0.337. The number of benzene rings is 1. The minimum Gasteiger partial charge on any atom is -0.516 e. The van der Waals surface area contributed by atoms with Crippen molar-refractivity contribution in [1.82, 2.24) is 0 Å². The van der Waals surface area contributed by atoms with Crippen molar-refractivity contribution in [3.63, 3.8) is 0 Å². The Kier molecular flexibility index (Phi) is 1.85. The van der Waals surface area contributed by atoms with Crippen LogP contribution in [0.4, 0.5) is 0 Å². The van der Waals surface area contributed by atoms with Gasteiger partial charge in [-0.25, -0.2) is 0 Å². The number of hydrogen-bond donors (Lipinski definition) is 0. The van der Waals surface area contributed by atoms with Crippen LogP contribution in [-0.2, 0) is 0 Å². The first-order valence-electron chi connectivity index (χ1n) is 2.83. The van der Waals surface area contributed by atoms with Gasteiger partial charge < -0.3 is 9.47 Å². The van der Waals surface area contributed by atoms with Crippen molar-refractivity contribution in [3.05, 3.63) is 21.8 Å². The smallest absolute Gasteiger partial charge is 0.215 e. The number of rotatable bonds is 0. The average molecular weight is 514 g/mol. The maximum Gasteiger partial charge on any atom is 0.215 e. The molecule has 0 radical (unpaired) electrons. The van der Waals surface area contributed by atoms with Gasteiger partial charge in [-0.2, -0.15) is 6.07 Å². The molecule has 1 aromatic rings. The summed E-state index contributed by atoms with van der Waals surface area (Å²) in [4.78, 5) is 0. The predicted molar refractivity (Wildman–Crippen MR) is 44.1 cm³/mol. The van der Waals surface area contributed by atoms with E-state index in [9.17, 15) is 0 Å². The van der Waals surface area contributed by atoms with Crippen molar-refractivity contribution in [2.75, 3.05) is 6.79 Å². The molecule has 1 aromatic carbocycles. The molecule has 0 spiro atoms. The van der Waals surface area contributed by atoms with E-state index in [1.165, 1.54) is 0 Å². The molecule has 1 heterocycles. The Hall–Kier alpha value is -1.45. The number of ether oxygens (including phenoxy) is 2. The first-order chi connectivity index (χ1) is 4.86. The Morgan fingerprint density at radius 1 is 1.36 bits per heavy atom. The second-order valence-electron chi connectivity index (χ2n) is 1.92. The fourth-order valence-electron chi connectivity index (χ4n) is 0.816. The summed E-state index contributed by atoms with van der Waals surface area (Å²) in [6.07, 6.45) is 0. The standard InChI is InChI=1S/C7H4IO2.Rf/c8-5-1-2-6-7(3-5)10-4-9-6;/h2-3H,4H2;/q-1;. The molecular weight excluding hydrogens is 510 g/mol. The zero-order chi connectivity index (χ0) is 6.97. The zero-order valence-electron chi connectivity index (χ0n) is 5.76. The van der Waals surface area contributed by atoms with Crippen LogP contribution in [0.25, 0.3) is 0 Å². The summed E-state index contributed by atoms with van der Waals surface area (Å²) in [5, 5.41) is 0. The van der Waals surface area contributed by atoms with Gasteiger partial charge in [0.05, 0.1) is 11.5 Å².